The molecule has 0 N–H and O–H groups in total. The van der Waals surface area contributed by atoms with E-state index >= 15 is 0 Å². The van der Waals surface area contributed by atoms with Crippen LogP contribution in [0.1, 0.15) is 18.4 Å². The summed E-state index contributed by atoms with van der Waals surface area (Å²) in [5.41, 5.74) is 0.761. The Kier molecular flexibility index (Phi) is 3.87. The fraction of sp³-hybridized carbons (Fsp3) is 0.364. The summed E-state index contributed by atoms with van der Waals surface area (Å²) in [5.74, 6) is -0.571. The molecule has 0 aromatic heterocycles. The topological polar surface area (TPSA) is 57.9 Å². The van der Waals surface area contributed by atoms with Gasteiger partial charge < -0.3 is 0 Å². The molecule has 80 valence electrons. The van der Waals surface area contributed by atoms with E-state index in [0.29, 0.717) is 0 Å². The third kappa shape index (κ3) is 3.37. The Balaban J connectivity index is 2.89. The first-order valence-corrected chi connectivity index (χ1v) is 6.56. The molecular weight excluding hydrogens is 210 g/mol. The molecular formula is C11H13NO2S. The second-order valence-corrected chi connectivity index (χ2v) is 5.69. The fourth-order valence-corrected chi connectivity index (χ4v) is 2.28. The highest BCUT2D eigenvalue weighted by Crippen LogP contribution is 2.16. The van der Waals surface area contributed by atoms with Crippen LogP contribution < -0.4 is 0 Å². The quantitative estimate of drug-likeness (QED) is 0.781. The minimum atomic E-state index is -3.10. The van der Waals surface area contributed by atoms with Crippen LogP contribution in [0.25, 0.3) is 0 Å². The maximum atomic E-state index is 11.4. The van der Waals surface area contributed by atoms with Crippen LogP contribution in [0.15, 0.2) is 30.3 Å². The SMILES string of the molecule is CCS(=O)(=O)CC(C#N)c1ccccc1. The predicted molar refractivity (Wildman–Crippen MR) is 59.1 cm³/mol. The minimum absolute atomic E-state index is 0.0814. The molecule has 0 bridgehead atoms. The Morgan fingerprint density at radius 3 is 2.40 bits per heavy atom. The molecule has 0 saturated carbocycles. The molecule has 0 aliphatic rings. The Morgan fingerprint density at radius 2 is 1.93 bits per heavy atom. The largest absolute Gasteiger partial charge is 0.229 e. The van der Waals surface area contributed by atoms with Crippen molar-refractivity contribution in [3.8, 4) is 6.07 Å². The molecule has 4 heteroatoms. The van der Waals surface area contributed by atoms with Crippen LogP contribution in [0.5, 0.6) is 0 Å². The number of benzene rings is 1. The zero-order chi connectivity index (χ0) is 11.3. The summed E-state index contributed by atoms with van der Waals surface area (Å²) >= 11 is 0. The first-order valence-electron chi connectivity index (χ1n) is 4.74. The molecule has 1 atom stereocenters. The van der Waals surface area contributed by atoms with Crippen LogP contribution in [0.2, 0.25) is 0 Å². The van der Waals surface area contributed by atoms with Gasteiger partial charge in [-0.1, -0.05) is 37.3 Å². The van der Waals surface area contributed by atoms with E-state index in [9.17, 15) is 8.42 Å². The van der Waals surface area contributed by atoms with Gasteiger partial charge >= 0.3 is 0 Å². The minimum Gasteiger partial charge on any atom is -0.229 e. The maximum absolute atomic E-state index is 11.4. The van der Waals surface area contributed by atoms with Gasteiger partial charge in [0.15, 0.2) is 9.84 Å². The highest BCUT2D eigenvalue weighted by Gasteiger charge is 2.18. The summed E-state index contributed by atoms with van der Waals surface area (Å²) in [7, 11) is -3.10. The van der Waals surface area contributed by atoms with Crippen molar-refractivity contribution in [2.75, 3.05) is 11.5 Å². The van der Waals surface area contributed by atoms with Crippen molar-refractivity contribution in [1.82, 2.24) is 0 Å². The van der Waals surface area contributed by atoms with Gasteiger partial charge in [0.25, 0.3) is 0 Å². The van der Waals surface area contributed by atoms with Crippen LogP contribution in [0.4, 0.5) is 0 Å². The lowest BCUT2D eigenvalue weighted by molar-refractivity contribution is 0.594. The molecule has 0 aliphatic heterocycles. The van der Waals surface area contributed by atoms with Crippen molar-refractivity contribution in [3.63, 3.8) is 0 Å². The second kappa shape index (κ2) is 4.94. The van der Waals surface area contributed by atoms with E-state index in [1.54, 1.807) is 31.2 Å². The van der Waals surface area contributed by atoms with Crippen molar-refractivity contribution >= 4 is 9.84 Å². The Morgan fingerprint density at radius 1 is 1.33 bits per heavy atom. The Bertz CT molecular complexity index is 445. The number of hydrogen-bond donors (Lipinski definition) is 0. The summed E-state index contributed by atoms with van der Waals surface area (Å²) in [5, 5.41) is 8.92. The van der Waals surface area contributed by atoms with Gasteiger partial charge in [-0.2, -0.15) is 5.26 Å². The van der Waals surface area contributed by atoms with E-state index in [1.165, 1.54) is 0 Å². The standard InChI is InChI=1S/C11H13NO2S/c1-2-15(13,14)9-11(8-12)10-6-4-3-5-7-10/h3-7,11H,2,9H2,1H3. The Hall–Kier alpha value is -1.34. The molecule has 1 aromatic rings. The molecule has 0 amide bonds. The van der Waals surface area contributed by atoms with Crippen molar-refractivity contribution in [2.24, 2.45) is 0 Å². The fourth-order valence-electron chi connectivity index (χ4n) is 1.27. The molecule has 3 nitrogen and oxygen atoms in total. The van der Waals surface area contributed by atoms with E-state index in [0.717, 1.165) is 5.56 Å². The zero-order valence-electron chi connectivity index (χ0n) is 8.55. The van der Waals surface area contributed by atoms with Gasteiger partial charge in [-0.05, 0) is 5.56 Å². The molecule has 1 unspecified atom stereocenters. The highest BCUT2D eigenvalue weighted by molar-refractivity contribution is 7.91. The third-order valence-corrected chi connectivity index (χ3v) is 3.94. The number of nitriles is 1. The average molecular weight is 223 g/mol. The number of nitrogens with zero attached hydrogens (tertiary/aromatic N) is 1. The summed E-state index contributed by atoms with van der Waals surface area (Å²) < 4.78 is 22.8. The summed E-state index contributed by atoms with van der Waals surface area (Å²) in [6.07, 6.45) is 0. The van der Waals surface area contributed by atoms with Gasteiger partial charge in [0, 0.05) is 5.75 Å². The predicted octanol–water partition coefficient (Wildman–Crippen LogP) is 1.73. The van der Waals surface area contributed by atoms with Crippen molar-refractivity contribution < 1.29 is 8.42 Å². The van der Waals surface area contributed by atoms with Crippen LogP contribution in [-0.2, 0) is 9.84 Å². The van der Waals surface area contributed by atoms with Crippen molar-refractivity contribution in [1.29, 1.82) is 5.26 Å². The van der Waals surface area contributed by atoms with Crippen LogP contribution in [0, 0.1) is 11.3 Å². The highest BCUT2D eigenvalue weighted by atomic mass is 32.2. The molecule has 0 fully saturated rings. The normalized spacial score (nSPS) is 13.1. The smallest absolute Gasteiger partial charge is 0.151 e. The molecule has 15 heavy (non-hydrogen) atoms. The average Bonchev–Trinajstić information content (AvgIpc) is 2.27. The summed E-state index contributed by atoms with van der Waals surface area (Å²) in [4.78, 5) is 0. The first kappa shape index (κ1) is 11.7. The van der Waals surface area contributed by atoms with Gasteiger partial charge in [-0.15, -0.1) is 0 Å². The van der Waals surface area contributed by atoms with Gasteiger partial charge in [0.05, 0.1) is 17.7 Å². The molecule has 0 saturated heterocycles. The summed E-state index contributed by atoms with van der Waals surface area (Å²) in [6, 6.07) is 11.0. The Labute approximate surface area is 90.3 Å². The van der Waals surface area contributed by atoms with Crippen molar-refractivity contribution in [3.05, 3.63) is 35.9 Å². The molecule has 0 aliphatic carbocycles. The van der Waals surface area contributed by atoms with Gasteiger partial charge in [-0.25, -0.2) is 8.42 Å². The van der Waals surface area contributed by atoms with E-state index in [2.05, 4.69) is 0 Å². The lowest BCUT2D eigenvalue weighted by Crippen LogP contribution is -2.15. The van der Waals surface area contributed by atoms with Crippen LogP contribution in [-0.4, -0.2) is 19.9 Å². The van der Waals surface area contributed by atoms with Crippen LogP contribution >= 0.6 is 0 Å². The summed E-state index contributed by atoms with van der Waals surface area (Å²) in [6.45, 7) is 1.59. The number of rotatable bonds is 4. The zero-order valence-corrected chi connectivity index (χ0v) is 9.37. The van der Waals surface area contributed by atoms with E-state index in [4.69, 9.17) is 5.26 Å². The monoisotopic (exact) mass is 223 g/mol. The lowest BCUT2D eigenvalue weighted by Gasteiger charge is -2.08. The second-order valence-electron chi connectivity index (χ2n) is 3.29. The first-order chi connectivity index (χ1) is 7.09. The van der Waals surface area contributed by atoms with Gasteiger partial charge in [0.1, 0.15) is 0 Å². The third-order valence-electron chi connectivity index (χ3n) is 2.22. The molecule has 0 heterocycles. The number of hydrogen-bond acceptors (Lipinski definition) is 3. The van der Waals surface area contributed by atoms with Crippen LogP contribution in [0.3, 0.4) is 0 Å². The molecule has 0 spiro atoms. The van der Waals surface area contributed by atoms with E-state index < -0.39 is 15.8 Å². The van der Waals surface area contributed by atoms with E-state index in [-0.39, 0.29) is 11.5 Å². The van der Waals surface area contributed by atoms with E-state index in [1.807, 2.05) is 12.1 Å². The van der Waals surface area contributed by atoms with Gasteiger partial charge in [0.2, 0.25) is 0 Å². The van der Waals surface area contributed by atoms with Crippen molar-refractivity contribution in [2.45, 2.75) is 12.8 Å². The number of sulfone groups is 1. The molecule has 0 radical (unpaired) electrons. The maximum Gasteiger partial charge on any atom is 0.151 e. The molecule has 1 aromatic carbocycles. The molecule has 1 rings (SSSR count). The lowest BCUT2D eigenvalue weighted by atomic mass is 10.0. The van der Waals surface area contributed by atoms with Gasteiger partial charge in [-0.3, -0.25) is 0 Å².